The molecule has 0 bridgehead atoms. The van der Waals surface area contributed by atoms with Gasteiger partial charge >= 0.3 is 0 Å². The summed E-state index contributed by atoms with van der Waals surface area (Å²) in [5, 5.41) is 17.6. The van der Waals surface area contributed by atoms with E-state index >= 15 is 0 Å². The Hall–Kier alpha value is -1.32. The fourth-order valence-electron chi connectivity index (χ4n) is 0.549. The molecule has 0 fully saturated rings. The Kier molecular flexibility index (Phi) is 2.04. The van der Waals surface area contributed by atoms with Crippen molar-refractivity contribution in [1.82, 2.24) is 10.2 Å². The second-order valence-electron chi connectivity index (χ2n) is 1.66. The Morgan fingerprint density at radius 2 is 2.50 bits per heavy atom. The van der Waals surface area contributed by atoms with Crippen LogP contribution in [-0.4, -0.2) is 16.8 Å². The van der Waals surface area contributed by atoms with Gasteiger partial charge in [0.05, 0.1) is 18.9 Å². The predicted octanol–water partition coefficient (Wildman–Crippen LogP) is 1.02. The van der Waals surface area contributed by atoms with Gasteiger partial charge in [0.2, 0.25) is 11.6 Å². The molecule has 0 atom stereocenters. The Morgan fingerprint density at radius 3 is 3.10 bits per heavy atom. The van der Waals surface area contributed by atoms with Crippen LogP contribution in [0.1, 0.15) is 6.92 Å². The zero-order chi connectivity index (χ0) is 7.40. The van der Waals surface area contributed by atoms with Crippen molar-refractivity contribution in [3.8, 4) is 11.6 Å². The maximum absolute atomic E-state index is 10.6. The quantitative estimate of drug-likeness (QED) is 0.614. The molecule has 1 aromatic heterocycles. The molecule has 53 valence electrons. The largest absolute Gasteiger partial charge is 0.477 e. The van der Waals surface area contributed by atoms with Crippen molar-refractivity contribution in [3.63, 3.8) is 0 Å². The van der Waals surface area contributed by atoms with Gasteiger partial charge < -0.3 is 4.74 Å². The summed E-state index contributed by atoms with van der Waals surface area (Å²) < 4.78 is 4.91. The van der Waals surface area contributed by atoms with Gasteiger partial charge in [-0.1, -0.05) is 0 Å². The van der Waals surface area contributed by atoms with Crippen molar-refractivity contribution in [2.45, 2.75) is 6.92 Å². The first-order valence-electron chi connectivity index (χ1n) is 2.95. The summed E-state index contributed by atoms with van der Waals surface area (Å²) >= 11 is 0. The van der Waals surface area contributed by atoms with Crippen molar-refractivity contribution in [2.24, 2.45) is 0 Å². The summed E-state index contributed by atoms with van der Waals surface area (Å²) in [7, 11) is 0. The van der Waals surface area contributed by atoms with Crippen LogP contribution in [0.5, 0.6) is 11.6 Å². The zero-order valence-electron chi connectivity index (χ0n) is 5.57. The highest BCUT2D eigenvalue weighted by Gasteiger charge is 1.96. The van der Waals surface area contributed by atoms with Crippen LogP contribution in [0.25, 0.3) is 0 Å². The van der Waals surface area contributed by atoms with E-state index in [0.717, 1.165) is 6.20 Å². The second kappa shape index (κ2) is 3.00. The fraction of sp³-hybridized carbons (Fsp3) is 0.333. The summed E-state index contributed by atoms with van der Waals surface area (Å²) in [6.45, 7) is 2.32. The Morgan fingerprint density at radius 1 is 1.70 bits per heavy atom. The maximum Gasteiger partial charge on any atom is 0.237 e. The summed E-state index contributed by atoms with van der Waals surface area (Å²) in [6.07, 6.45) is 1.14. The Bertz CT molecular complexity index is 215. The van der Waals surface area contributed by atoms with Crippen LogP contribution in [0, 0.1) is 0 Å². The average molecular weight is 139 g/mol. The van der Waals surface area contributed by atoms with Gasteiger partial charge in [-0.05, 0) is 6.92 Å². The minimum absolute atomic E-state index is 0.182. The number of ether oxygens (including phenoxy) is 1. The number of nitrogens with zero attached hydrogens (tertiary/aromatic N) is 2. The highest BCUT2D eigenvalue weighted by atomic mass is 16.5. The molecule has 10 heavy (non-hydrogen) atoms. The van der Waals surface area contributed by atoms with E-state index in [1.54, 1.807) is 0 Å². The summed E-state index contributed by atoms with van der Waals surface area (Å²) in [6, 6.07) is 1.30. The lowest BCUT2D eigenvalue weighted by atomic mass is 10.5. The molecule has 0 N–H and O–H groups in total. The van der Waals surface area contributed by atoms with Gasteiger partial charge in [0.1, 0.15) is 0 Å². The Labute approximate surface area is 58.5 Å². The molecule has 0 saturated carbocycles. The SMILES string of the molecule is CCOc1cc([O])cnn1. The van der Waals surface area contributed by atoms with E-state index in [-0.39, 0.29) is 11.6 Å². The van der Waals surface area contributed by atoms with Crippen molar-refractivity contribution in [2.75, 3.05) is 6.61 Å². The average Bonchev–Trinajstić information content (AvgIpc) is 1.88. The molecule has 4 nitrogen and oxygen atoms in total. The number of hydrogen-bond donors (Lipinski definition) is 0. The smallest absolute Gasteiger partial charge is 0.237 e. The van der Waals surface area contributed by atoms with Crippen LogP contribution in [0.3, 0.4) is 0 Å². The minimum Gasteiger partial charge on any atom is -0.477 e. The third-order valence-electron chi connectivity index (χ3n) is 0.899. The van der Waals surface area contributed by atoms with Crippen LogP contribution in [0.2, 0.25) is 0 Å². The molecule has 0 saturated heterocycles. The van der Waals surface area contributed by atoms with Gasteiger partial charge in [-0.25, -0.2) is 0 Å². The van der Waals surface area contributed by atoms with Crippen LogP contribution >= 0.6 is 0 Å². The second-order valence-corrected chi connectivity index (χ2v) is 1.66. The van der Waals surface area contributed by atoms with E-state index in [1.165, 1.54) is 6.07 Å². The first-order chi connectivity index (χ1) is 4.83. The Balaban J connectivity index is 2.75. The lowest BCUT2D eigenvalue weighted by Gasteiger charge is -1.97. The minimum atomic E-state index is -0.182. The predicted molar refractivity (Wildman–Crippen MR) is 33.3 cm³/mol. The molecule has 1 aromatic rings. The lowest BCUT2D eigenvalue weighted by molar-refractivity contribution is 0.309. The molecular formula is C6H7N2O2. The van der Waals surface area contributed by atoms with Crippen molar-refractivity contribution < 1.29 is 9.84 Å². The summed E-state index contributed by atoms with van der Waals surface area (Å²) in [5.74, 6) is 0.105. The highest BCUT2D eigenvalue weighted by Crippen LogP contribution is 2.12. The molecule has 0 aliphatic carbocycles. The van der Waals surface area contributed by atoms with E-state index < -0.39 is 0 Å². The molecule has 0 aliphatic heterocycles. The summed E-state index contributed by atoms with van der Waals surface area (Å²) in [4.78, 5) is 0. The van der Waals surface area contributed by atoms with Crippen LogP contribution in [0.15, 0.2) is 12.3 Å². The molecule has 0 unspecified atom stereocenters. The molecule has 0 aromatic carbocycles. The van der Waals surface area contributed by atoms with Gasteiger partial charge in [-0.15, -0.1) is 5.10 Å². The first-order valence-corrected chi connectivity index (χ1v) is 2.95. The van der Waals surface area contributed by atoms with Gasteiger partial charge in [-0.3, -0.25) is 5.11 Å². The van der Waals surface area contributed by atoms with Gasteiger partial charge in [-0.2, -0.15) is 5.10 Å². The van der Waals surface area contributed by atoms with Gasteiger partial charge in [0, 0.05) is 0 Å². The van der Waals surface area contributed by atoms with Crippen LogP contribution in [-0.2, 0) is 5.11 Å². The molecule has 0 amide bonds. The molecule has 1 radical (unpaired) electrons. The molecule has 4 heteroatoms. The molecule has 1 heterocycles. The number of hydrogen-bond acceptors (Lipinski definition) is 3. The van der Waals surface area contributed by atoms with Crippen molar-refractivity contribution >= 4 is 0 Å². The monoisotopic (exact) mass is 139 g/mol. The molecule has 0 spiro atoms. The van der Waals surface area contributed by atoms with E-state index in [4.69, 9.17) is 4.74 Å². The molecule has 1 rings (SSSR count). The molecule has 0 aliphatic rings. The van der Waals surface area contributed by atoms with Crippen molar-refractivity contribution in [3.05, 3.63) is 12.3 Å². The van der Waals surface area contributed by atoms with Crippen molar-refractivity contribution in [1.29, 1.82) is 0 Å². The third-order valence-corrected chi connectivity index (χ3v) is 0.899. The number of aromatic nitrogens is 2. The maximum atomic E-state index is 10.6. The first kappa shape index (κ1) is 6.80. The van der Waals surface area contributed by atoms with Gasteiger partial charge in [0.25, 0.3) is 0 Å². The zero-order valence-corrected chi connectivity index (χ0v) is 5.57. The standard InChI is InChI=1S/C6H7N2O2/c1-2-10-6-3-5(9)4-7-8-6/h3-4H,2H2,1H3. The molecular weight excluding hydrogens is 132 g/mol. The van der Waals surface area contributed by atoms with Crippen LogP contribution < -0.4 is 4.74 Å². The topological polar surface area (TPSA) is 54.9 Å². The van der Waals surface area contributed by atoms with Crippen LogP contribution in [0.4, 0.5) is 0 Å². The summed E-state index contributed by atoms with van der Waals surface area (Å²) in [5.41, 5.74) is 0. The van der Waals surface area contributed by atoms with Gasteiger partial charge in [0.15, 0.2) is 0 Å². The van der Waals surface area contributed by atoms with E-state index in [2.05, 4.69) is 10.2 Å². The highest BCUT2D eigenvalue weighted by molar-refractivity contribution is 5.20. The normalized spacial score (nSPS) is 9.30. The van der Waals surface area contributed by atoms with E-state index in [9.17, 15) is 5.11 Å². The fourth-order valence-corrected chi connectivity index (χ4v) is 0.549. The van der Waals surface area contributed by atoms with E-state index in [1.807, 2.05) is 6.92 Å². The third kappa shape index (κ3) is 1.58. The lowest BCUT2D eigenvalue weighted by Crippen LogP contribution is -1.94. The number of rotatable bonds is 2. The van der Waals surface area contributed by atoms with E-state index in [0.29, 0.717) is 6.61 Å².